The number of alkyl halides is 3. The summed E-state index contributed by atoms with van der Waals surface area (Å²) in [6.07, 6.45) is 0. The van der Waals surface area contributed by atoms with Crippen LogP contribution in [0.1, 0.15) is 26.3 Å². The summed E-state index contributed by atoms with van der Waals surface area (Å²) in [4.78, 5) is 25.2. The highest BCUT2D eigenvalue weighted by atomic mass is 32.2. The number of benzene rings is 2. The Hall–Kier alpha value is -2.95. The van der Waals surface area contributed by atoms with Crippen molar-refractivity contribution < 1.29 is 39.8 Å². The van der Waals surface area contributed by atoms with Crippen LogP contribution in [0, 0.1) is 12.7 Å². The molecular formula is C16H9F4NO5S. The van der Waals surface area contributed by atoms with Crippen LogP contribution in [0.2, 0.25) is 0 Å². The minimum Gasteiger partial charge on any atom is -0.376 e. The minimum absolute atomic E-state index is 0.0205. The number of carbonyl (C=O) groups is 2. The summed E-state index contributed by atoms with van der Waals surface area (Å²) in [5.41, 5.74) is -6.75. The van der Waals surface area contributed by atoms with Crippen molar-refractivity contribution in [3.8, 4) is 5.75 Å². The van der Waals surface area contributed by atoms with Crippen LogP contribution in [0.3, 0.4) is 0 Å². The summed E-state index contributed by atoms with van der Waals surface area (Å²) in [5, 5.41) is 0. The maximum Gasteiger partial charge on any atom is 0.534 e. The monoisotopic (exact) mass is 403 g/mol. The highest BCUT2D eigenvalue weighted by Gasteiger charge is 2.49. The SMILES string of the molecule is Cc1cc(F)c(N2C(=O)c3ccccc3C2=O)cc1OS(=O)(=O)C(F)(F)F. The van der Waals surface area contributed by atoms with E-state index in [1.54, 1.807) is 0 Å². The van der Waals surface area contributed by atoms with Gasteiger partial charge in [-0.15, -0.1) is 0 Å². The lowest BCUT2D eigenvalue weighted by atomic mass is 10.1. The number of halogens is 4. The van der Waals surface area contributed by atoms with E-state index in [1.165, 1.54) is 24.3 Å². The zero-order chi connectivity index (χ0) is 20.1. The van der Waals surface area contributed by atoms with E-state index in [4.69, 9.17) is 0 Å². The fourth-order valence-electron chi connectivity index (χ4n) is 2.48. The number of anilines is 1. The number of hydrogen-bond donors (Lipinski definition) is 0. The van der Waals surface area contributed by atoms with Crippen LogP contribution in [-0.2, 0) is 10.1 Å². The maximum absolute atomic E-state index is 14.3. The maximum atomic E-state index is 14.3. The second-order valence-electron chi connectivity index (χ2n) is 5.54. The molecule has 0 fully saturated rings. The molecule has 0 radical (unpaired) electrons. The predicted molar refractivity (Wildman–Crippen MR) is 84.3 cm³/mol. The highest BCUT2D eigenvalue weighted by molar-refractivity contribution is 7.88. The molecule has 0 saturated carbocycles. The van der Waals surface area contributed by atoms with Gasteiger partial charge in [-0.2, -0.15) is 21.6 Å². The Balaban J connectivity index is 2.09. The van der Waals surface area contributed by atoms with Crippen molar-refractivity contribution in [2.24, 2.45) is 0 Å². The number of amides is 2. The zero-order valence-electron chi connectivity index (χ0n) is 13.4. The number of nitrogens with zero attached hydrogens (tertiary/aromatic N) is 1. The number of imide groups is 1. The first kappa shape index (κ1) is 18.8. The van der Waals surface area contributed by atoms with Crippen molar-refractivity contribution >= 4 is 27.6 Å². The fourth-order valence-corrected chi connectivity index (χ4v) is 2.99. The normalized spacial score (nSPS) is 14.5. The molecule has 0 atom stereocenters. The van der Waals surface area contributed by atoms with Crippen molar-refractivity contribution in [3.63, 3.8) is 0 Å². The molecule has 27 heavy (non-hydrogen) atoms. The van der Waals surface area contributed by atoms with E-state index < -0.39 is 44.7 Å². The quantitative estimate of drug-likeness (QED) is 0.340. The van der Waals surface area contributed by atoms with E-state index in [2.05, 4.69) is 4.18 Å². The molecule has 0 aromatic heterocycles. The molecule has 0 aliphatic carbocycles. The van der Waals surface area contributed by atoms with Crippen LogP contribution in [0.15, 0.2) is 36.4 Å². The van der Waals surface area contributed by atoms with Gasteiger partial charge in [0.2, 0.25) is 0 Å². The number of aryl methyl sites for hydroxylation is 1. The van der Waals surface area contributed by atoms with E-state index in [9.17, 15) is 35.6 Å². The molecule has 0 bridgehead atoms. The molecule has 0 spiro atoms. The molecule has 2 aromatic rings. The summed E-state index contributed by atoms with van der Waals surface area (Å²) in [6.45, 7) is 1.11. The van der Waals surface area contributed by atoms with E-state index in [0.717, 1.165) is 6.92 Å². The lowest BCUT2D eigenvalue weighted by molar-refractivity contribution is -0.0500. The zero-order valence-corrected chi connectivity index (χ0v) is 14.2. The van der Waals surface area contributed by atoms with Crippen LogP contribution in [0.5, 0.6) is 5.75 Å². The lowest BCUT2D eigenvalue weighted by Crippen LogP contribution is -2.31. The van der Waals surface area contributed by atoms with Crippen molar-refractivity contribution in [2.45, 2.75) is 12.4 Å². The standard InChI is InChI=1S/C16H9F4NO5S/c1-8-6-11(17)12(7-13(8)26-27(24,25)16(18,19)20)21-14(22)9-4-2-3-5-10(9)15(21)23/h2-7H,1H3. The van der Waals surface area contributed by atoms with Gasteiger partial charge in [0.05, 0.1) is 16.8 Å². The predicted octanol–water partition coefficient (Wildman–Crippen LogP) is 3.16. The summed E-state index contributed by atoms with van der Waals surface area (Å²) >= 11 is 0. The molecule has 142 valence electrons. The topological polar surface area (TPSA) is 80.8 Å². The Morgan fingerprint density at radius 2 is 1.52 bits per heavy atom. The van der Waals surface area contributed by atoms with Gasteiger partial charge in [0.25, 0.3) is 11.8 Å². The molecule has 3 rings (SSSR count). The van der Waals surface area contributed by atoms with Crippen molar-refractivity contribution in [3.05, 3.63) is 58.9 Å². The smallest absolute Gasteiger partial charge is 0.376 e. The van der Waals surface area contributed by atoms with E-state index in [-0.39, 0.29) is 16.7 Å². The Bertz CT molecular complexity index is 1040. The highest BCUT2D eigenvalue weighted by Crippen LogP contribution is 2.36. The van der Waals surface area contributed by atoms with E-state index >= 15 is 0 Å². The Morgan fingerprint density at radius 1 is 1.00 bits per heavy atom. The molecule has 0 saturated heterocycles. The van der Waals surface area contributed by atoms with Crippen LogP contribution in [-0.4, -0.2) is 25.7 Å². The van der Waals surface area contributed by atoms with Crippen molar-refractivity contribution in [1.29, 1.82) is 0 Å². The molecule has 2 aromatic carbocycles. The molecule has 11 heteroatoms. The number of hydrogen-bond acceptors (Lipinski definition) is 5. The fraction of sp³-hybridized carbons (Fsp3) is 0.125. The third-order valence-corrected chi connectivity index (χ3v) is 4.73. The minimum atomic E-state index is -6.02. The molecular weight excluding hydrogens is 394 g/mol. The number of rotatable bonds is 3. The summed E-state index contributed by atoms with van der Waals surface area (Å²) < 4.78 is 78.4. The molecule has 0 N–H and O–H groups in total. The van der Waals surface area contributed by atoms with Gasteiger partial charge < -0.3 is 4.18 Å². The van der Waals surface area contributed by atoms with Crippen LogP contribution < -0.4 is 9.08 Å². The van der Waals surface area contributed by atoms with Gasteiger partial charge in [-0.25, -0.2) is 9.29 Å². The third-order valence-electron chi connectivity index (χ3n) is 3.76. The van der Waals surface area contributed by atoms with E-state index in [0.29, 0.717) is 17.0 Å². The van der Waals surface area contributed by atoms with Crippen molar-refractivity contribution in [1.82, 2.24) is 0 Å². The van der Waals surface area contributed by atoms with Crippen LogP contribution in [0.25, 0.3) is 0 Å². The second kappa shape index (κ2) is 6.05. The van der Waals surface area contributed by atoms with Gasteiger partial charge in [0.1, 0.15) is 11.6 Å². The lowest BCUT2D eigenvalue weighted by Gasteiger charge is -2.18. The molecule has 6 nitrogen and oxygen atoms in total. The average Bonchev–Trinajstić information content (AvgIpc) is 2.81. The van der Waals surface area contributed by atoms with Gasteiger partial charge >= 0.3 is 15.6 Å². The van der Waals surface area contributed by atoms with Gasteiger partial charge in [-0.3, -0.25) is 9.59 Å². The Kier molecular flexibility index (Phi) is 4.22. The Morgan fingerprint density at radius 3 is 2.00 bits per heavy atom. The van der Waals surface area contributed by atoms with Crippen LogP contribution >= 0.6 is 0 Å². The first-order valence-electron chi connectivity index (χ1n) is 7.23. The van der Waals surface area contributed by atoms with Crippen LogP contribution in [0.4, 0.5) is 23.2 Å². The van der Waals surface area contributed by atoms with Crippen molar-refractivity contribution in [2.75, 3.05) is 4.90 Å². The number of fused-ring (bicyclic) bond motifs is 1. The third kappa shape index (κ3) is 3.03. The molecule has 1 aliphatic heterocycles. The summed E-state index contributed by atoms with van der Waals surface area (Å²) in [5.74, 6) is -3.77. The van der Waals surface area contributed by atoms with Gasteiger partial charge in [0, 0.05) is 6.07 Å². The van der Waals surface area contributed by atoms with E-state index in [1.807, 2.05) is 0 Å². The summed E-state index contributed by atoms with van der Waals surface area (Å²) in [7, 11) is -6.02. The molecule has 2 amide bonds. The van der Waals surface area contributed by atoms with Gasteiger partial charge in [-0.1, -0.05) is 12.1 Å². The first-order valence-corrected chi connectivity index (χ1v) is 8.63. The summed E-state index contributed by atoms with van der Waals surface area (Å²) in [6, 6.07) is 6.84. The first-order chi connectivity index (χ1) is 12.4. The Labute approximate surface area is 150 Å². The molecule has 1 heterocycles. The van der Waals surface area contributed by atoms with Gasteiger partial charge in [0.15, 0.2) is 0 Å². The largest absolute Gasteiger partial charge is 0.534 e. The molecule has 1 aliphatic rings. The van der Waals surface area contributed by atoms with Gasteiger partial charge in [-0.05, 0) is 30.7 Å². The molecule has 0 unspecified atom stereocenters. The average molecular weight is 403 g/mol. The second-order valence-corrected chi connectivity index (χ2v) is 7.08. The number of carbonyl (C=O) groups excluding carboxylic acids is 2.